The number of halogens is 1. The molecule has 0 aliphatic heterocycles. The molecule has 110 valence electrons. The highest BCUT2D eigenvalue weighted by molar-refractivity contribution is 6.33. The highest BCUT2D eigenvalue weighted by Crippen LogP contribution is 2.32. The molecule has 0 aliphatic rings. The zero-order chi connectivity index (χ0) is 15.6. The summed E-state index contributed by atoms with van der Waals surface area (Å²) in [5, 5.41) is 12.0. The van der Waals surface area contributed by atoms with Gasteiger partial charge in [-0.15, -0.1) is 0 Å². The fourth-order valence-corrected chi connectivity index (χ4v) is 1.89. The van der Waals surface area contributed by atoms with E-state index in [1.165, 1.54) is 12.1 Å². The first-order valence-corrected chi connectivity index (χ1v) is 6.70. The molecule has 0 saturated carbocycles. The number of anilines is 1. The Hall–Kier alpha value is -2.27. The smallest absolute Gasteiger partial charge is 0.371 e. The summed E-state index contributed by atoms with van der Waals surface area (Å²) in [6, 6.07) is 7.82. The van der Waals surface area contributed by atoms with E-state index in [4.69, 9.17) is 21.1 Å². The molecule has 1 aromatic heterocycles. The quantitative estimate of drug-likeness (QED) is 0.898. The molecule has 2 N–H and O–H groups in total. The van der Waals surface area contributed by atoms with Crippen LogP contribution in [0.5, 0.6) is 0 Å². The summed E-state index contributed by atoms with van der Waals surface area (Å²) in [6.07, 6.45) is 0. The third-order valence-corrected chi connectivity index (χ3v) is 3.17. The lowest BCUT2D eigenvalue weighted by Gasteiger charge is -2.09. The minimum Gasteiger partial charge on any atom is -0.475 e. The number of hydrogen-bond donors (Lipinski definition) is 2. The first-order valence-electron chi connectivity index (χ1n) is 6.32. The summed E-state index contributed by atoms with van der Waals surface area (Å²) in [7, 11) is 0. The van der Waals surface area contributed by atoms with Crippen molar-refractivity contribution in [2.75, 3.05) is 5.32 Å². The Bertz CT molecular complexity index is 691. The number of aromatic carboxylic acids is 1. The zero-order valence-electron chi connectivity index (χ0n) is 11.5. The Kier molecular flexibility index (Phi) is 4.33. The minimum absolute atomic E-state index is 0.117. The van der Waals surface area contributed by atoms with Gasteiger partial charge in [0.25, 0.3) is 0 Å². The fourth-order valence-electron chi connectivity index (χ4n) is 1.68. The molecule has 1 aromatic carbocycles. The molecule has 1 amide bonds. The summed E-state index contributed by atoms with van der Waals surface area (Å²) in [5.74, 6) is -1.25. The van der Waals surface area contributed by atoms with Crippen LogP contribution in [0.15, 0.2) is 34.7 Å². The number of carboxylic acids is 1. The van der Waals surface area contributed by atoms with Crippen LogP contribution in [0.3, 0.4) is 0 Å². The number of amides is 1. The van der Waals surface area contributed by atoms with Gasteiger partial charge in [0.2, 0.25) is 11.7 Å². The van der Waals surface area contributed by atoms with Gasteiger partial charge >= 0.3 is 5.97 Å². The van der Waals surface area contributed by atoms with Crippen LogP contribution in [0.1, 0.15) is 24.4 Å². The van der Waals surface area contributed by atoms with E-state index >= 15 is 0 Å². The van der Waals surface area contributed by atoms with Crippen LogP contribution in [-0.2, 0) is 4.79 Å². The molecular formula is C15H14ClNO4. The van der Waals surface area contributed by atoms with Crippen LogP contribution < -0.4 is 5.32 Å². The number of furan rings is 1. The van der Waals surface area contributed by atoms with Crippen molar-refractivity contribution in [1.82, 2.24) is 0 Å². The molecule has 6 heteroatoms. The third kappa shape index (κ3) is 3.44. The minimum atomic E-state index is -1.15. The van der Waals surface area contributed by atoms with E-state index in [0.717, 1.165) is 0 Å². The first-order chi connectivity index (χ1) is 9.88. The highest BCUT2D eigenvalue weighted by Gasteiger charge is 2.14. The maximum Gasteiger partial charge on any atom is 0.371 e. The number of benzene rings is 1. The maximum atomic E-state index is 11.7. The van der Waals surface area contributed by atoms with Crippen molar-refractivity contribution in [2.45, 2.75) is 13.8 Å². The normalized spacial score (nSPS) is 10.7. The lowest BCUT2D eigenvalue weighted by atomic mass is 10.1. The maximum absolute atomic E-state index is 11.7. The second kappa shape index (κ2) is 6.01. The van der Waals surface area contributed by atoms with Gasteiger partial charge in [0, 0.05) is 17.2 Å². The Labute approximate surface area is 126 Å². The number of carbonyl (C=O) groups is 2. The number of carbonyl (C=O) groups excluding carboxylic acids is 1. The van der Waals surface area contributed by atoms with Crippen molar-refractivity contribution in [2.24, 2.45) is 5.92 Å². The molecule has 1 heterocycles. The molecule has 0 atom stereocenters. The Morgan fingerprint density at radius 2 is 1.95 bits per heavy atom. The van der Waals surface area contributed by atoms with E-state index in [1.54, 1.807) is 32.0 Å². The van der Waals surface area contributed by atoms with Crippen molar-refractivity contribution < 1.29 is 19.1 Å². The summed E-state index contributed by atoms with van der Waals surface area (Å²) < 4.78 is 5.22. The molecule has 0 spiro atoms. The van der Waals surface area contributed by atoms with Crippen LogP contribution in [0.4, 0.5) is 5.69 Å². The van der Waals surface area contributed by atoms with Crippen LogP contribution in [0.2, 0.25) is 5.02 Å². The SMILES string of the molecule is CC(C)C(=O)Nc1ccc(Cl)c(-c2ccc(C(=O)O)o2)c1. The lowest BCUT2D eigenvalue weighted by molar-refractivity contribution is -0.118. The van der Waals surface area contributed by atoms with Gasteiger partial charge in [-0.25, -0.2) is 4.79 Å². The molecule has 0 radical (unpaired) electrons. The topological polar surface area (TPSA) is 79.5 Å². The Balaban J connectivity index is 2.34. The standard InChI is InChI=1S/C15H14ClNO4/c1-8(2)14(18)17-9-3-4-11(16)10(7-9)12-5-6-13(21-12)15(19)20/h3-8H,1-2H3,(H,17,18)(H,19,20). The van der Waals surface area contributed by atoms with Gasteiger partial charge in [0.15, 0.2) is 0 Å². The highest BCUT2D eigenvalue weighted by atomic mass is 35.5. The van der Waals surface area contributed by atoms with Crippen LogP contribution >= 0.6 is 11.6 Å². The summed E-state index contributed by atoms with van der Waals surface area (Å²) >= 11 is 6.10. The lowest BCUT2D eigenvalue weighted by Crippen LogP contribution is -2.17. The van der Waals surface area contributed by atoms with Gasteiger partial charge in [0.1, 0.15) is 5.76 Å². The predicted molar refractivity (Wildman–Crippen MR) is 79.6 cm³/mol. The van der Waals surface area contributed by atoms with Crippen molar-refractivity contribution in [3.05, 3.63) is 41.1 Å². The van der Waals surface area contributed by atoms with Crippen LogP contribution in [0, 0.1) is 5.92 Å². The summed E-state index contributed by atoms with van der Waals surface area (Å²) in [6.45, 7) is 3.58. The fraction of sp³-hybridized carbons (Fsp3) is 0.200. The van der Waals surface area contributed by atoms with Gasteiger partial charge in [-0.05, 0) is 30.3 Å². The molecule has 5 nitrogen and oxygen atoms in total. The van der Waals surface area contributed by atoms with Crippen molar-refractivity contribution in [3.63, 3.8) is 0 Å². The van der Waals surface area contributed by atoms with E-state index < -0.39 is 5.97 Å². The van der Waals surface area contributed by atoms with E-state index in [1.807, 2.05) is 0 Å². The molecule has 2 aromatic rings. The first kappa shape index (κ1) is 15.1. The van der Waals surface area contributed by atoms with Crippen LogP contribution in [0.25, 0.3) is 11.3 Å². The second-order valence-electron chi connectivity index (χ2n) is 4.81. The van der Waals surface area contributed by atoms with Gasteiger partial charge in [-0.1, -0.05) is 25.4 Å². The second-order valence-corrected chi connectivity index (χ2v) is 5.21. The zero-order valence-corrected chi connectivity index (χ0v) is 12.3. The summed E-state index contributed by atoms with van der Waals surface area (Å²) in [4.78, 5) is 22.5. The molecule has 2 rings (SSSR count). The van der Waals surface area contributed by atoms with Gasteiger partial charge < -0.3 is 14.8 Å². The molecule has 0 unspecified atom stereocenters. The molecule has 0 bridgehead atoms. The number of hydrogen-bond acceptors (Lipinski definition) is 3. The average molecular weight is 308 g/mol. The number of nitrogens with one attached hydrogen (secondary N) is 1. The predicted octanol–water partition coefficient (Wildman–Crippen LogP) is 3.89. The van der Waals surface area contributed by atoms with Gasteiger partial charge in [0.05, 0.1) is 5.02 Å². The monoisotopic (exact) mass is 307 g/mol. The van der Waals surface area contributed by atoms with Crippen molar-refractivity contribution in [3.8, 4) is 11.3 Å². The van der Waals surface area contributed by atoms with Crippen molar-refractivity contribution in [1.29, 1.82) is 0 Å². The number of carboxylic acid groups (broad SMARTS) is 1. The van der Waals surface area contributed by atoms with E-state index in [-0.39, 0.29) is 17.6 Å². The van der Waals surface area contributed by atoms with Crippen LogP contribution in [-0.4, -0.2) is 17.0 Å². The largest absolute Gasteiger partial charge is 0.475 e. The van der Waals surface area contributed by atoms with E-state index in [9.17, 15) is 9.59 Å². The summed E-state index contributed by atoms with van der Waals surface area (Å²) in [5.41, 5.74) is 1.09. The molecule has 21 heavy (non-hydrogen) atoms. The van der Waals surface area contributed by atoms with Gasteiger partial charge in [-0.3, -0.25) is 4.79 Å². The van der Waals surface area contributed by atoms with E-state index in [0.29, 0.717) is 22.0 Å². The van der Waals surface area contributed by atoms with Gasteiger partial charge in [-0.2, -0.15) is 0 Å². The molecule has 0 fully saturated rings. The number of rotatable bonds is 4. The van der Waals surface area contributed by atoms with E-state index in [2.05, 4.69) is 5.32 Å². The molecule has 0 aliphatic carbocycles. The molecular weight excluding hydrogens is 294 g/mol. The van der Waals surface area contributed by atoms with Crippen molar-refractivity contribution >= 4 is 29.2 Å². The average Bonchev–Trinajstić information content (AvgIpc) is 2.90. The third-order valence-electron chi connectivity index (χ3n) is 2.84. The molecule has 0 saturated heterocycles. The Morgan fingerprint density at radius 1 is 1.24 bits per heavy atom. The Morgan fingerprint density at radius 3 is 2.52 bits per heavy atom.